The normalized spacial score (nSPS) is 15.0. The van der Waals surface area contributed by atoms with Crippen LogP contribution in [0.15, 0.2) is 22.0 Å². The van der Waals surface area contributed by atoms with Crippen LogP contribution in [-0.4, -0.2) is 41.3 Å². The van der Waals surface area contributed by atoms with Crippen molar-refractivity contribution in [2.45, 2.75) is 13.8 Å². The summed E-state index contributed by atoms with van der Waals surface area (Å²) in [5, 5.41) is 11.5. The fraction of sp³-hybridized carbons (Fsp3) is 0.250. The number of carboxylic acids is 1. The molecule has 0 saturated carbocycles. The highest BCUT2D eigenvalue weighted by Gasteiger charge is 2.23. The molecule has 26 heavy (non-hydrogen) atoms. The van der Waals surface area contributed by atoms with Crippen molar-refractivity contribution >= 4 is 63.4 Å². The summed E-state index contributed by atoms with van der Waals surface area (Å²) in [6.45, 7) is 3.01. The second-order valence-corrected chi connectivity index (χ2v) is 7.15. The van der Waals surface area contributed by atoms with Crippen LogP contribution in [0.4, 0.5) is 0 Å². The second kappa shape index (κ2) is 9.03. The lowest BCUT2D eigenvalue weighted by atomic mass is 10.2. The number of nitrogens with one attached hydrogen (secondary N) is 1. The number of carbonyl (C=O) groups excluding carboxylic acids is 2. The van der Waals surface area contributed by atoms with Gasteiger partial charge in [-0.15, -0.1) is 0 Å². The van der Waals surface area contributed by atoms with E-state index in [9.17, 15) is 14.4 Å². The molecule has 2 N–H and O–H groups in total. The molecule has 0 aromatic heterocycles. The van der Waals surface area contributed by atoms with E-state index in [2.05, 4.69) is 10.3 Å². The van der Waals surface area contributed by atoms with Crippen molar-refractivity contribution in [2.24, 2.45) is 4.99 Å². The number of carboxylic acid groups (broad SMARTS) is 1. The molecule has 0 atom stereocenters. The highest BCUT2D eigenvalue weighted by Crippen LogP contribution is 2.36. The maximum Gasteiger partial charge on any atom is 0.341 e. The van der Waals surface area contributed by atoms with Crippen molar-refractivity contribution in [1.82, 2.24) is 5.32 Å². The highest BCUT2D eigenvalue weighted by atomic mass is 127. The predicted molar refractivity (Wildman–Crippen MR) is 105 cm³/mol. The zero-order valence-electron chi connectivity index (χ0n) is 13.9. The molecule has 0 spiro atoms. The molecule has 2 rings (SSSR count). The van der Waals surface area contributed by atoms with Gasteiger partial charge in [-0.1, -0.05) is 0 Å². The second-order valence-electron chi connectivity index (χ2n) is 4.96. The first-order valence-electron chi connectivity index (χ1n) is 7.41. The number of amides is 2. The van der Waals surface area contributed by atoms with Crippen LogP contribution >= 0.6 is 34.4 Å². The number of rotatable bonds is 6. The van der Waals surface area contributed by atoms with E-state index in [4.69, 9.17) is 14.6 Å². The van der Waals surface area contributed by atoms with E-state index in [1.165, 1.54) is 6.92 Å². The van der Waals surface area contributed by atoms with Crippen molar-refractivity contribution in [1.29, 1.82) is 0 Å². The summed E-state index contributed by atoms with van der Waals surface area (Å²) in [7, 11) is 0. The third kappa shape index (κ3) is 5.46. The van der Waals surface area contributed by atoms with Gasteiger partial charge < -0.3 is 19.9 Å². The number of carbonyl (C=O) groups is 3. The van der Waals surface area contributed by atoms with Crippen LogP contribution in [-0.2, 0) is 14.4 Å². The Morgan fingerprint density at radius 3 is 2.73 bits per heavy atom. The number of hydrogen-bond donors (Lipinski definition) is 2. The molecule has 0 bridgehead atoms. The van der Waals surface area contributed by atoms with Gasteiger partial charge in [0.05, 0.1) is 15.1 Å². The minimum absolute atomic E-state index is 0.231. The van der Waals surface area contributed by atoms with Gasteiger partial charge in [-0.25, -0.2) is 4.79 Å². The highest BCUT2D eigenvalue weighted by molar-refractivity contribution is 14.1. The molecule has 138 valence electrons. The van der Waals surface area contributed by atoms with Gasteiger partial charge in [0.25, 0.3) is 5.91 Å². The lowest BCUT2D eigenvalue weighted by Crippen LogP contribution is -2.23. The monoisotopic (exact) mass is 490 g/mol. The number of thioether (sulfide) groups is 1. The molecule has 1 aliphatic rings. The van der Waals surface area contributed by atoms with Crippen LogP contribution in [0.3, 0.4) is 0 Å². The molecule has 1 heterocycles. The maximum absolute atomic E-state index is 12.0. The predicted octanol–water partition coefficient (Wildman–Crippen LogP) is 2.26. The van der Waals surface area contributed by atoms with E-state index >= 15 is 0 Å². The van der Waals surface area contributed by atoms with Gasteiger partial charge in [0.2, 0.25) is 5.91 Å². The van der Waals surface area contributed by atoms with E-state index in [1.807, 2.05) is 22.6 Å². The zero-order valence-corrected chi connectivity index (χ0v) is 16.8. The molecule has 10 heteroatoms. The van der Waals surface area contributed by atoms with Gasteiger partial charge in [0, 0.05) is 6.92 Å². The van der Waals surface area contributed by atoms with Gasteiger partial charge in [-0.05, 0) is 65.0 Å². The van der Waals surface area contributed by atoms with E-state index in [0.29, 0.717) is 32.1 Å². The smallest absolute Gasteiger partial charge is 0.341 e. The molecular weight excluding hydrogens is 475 g/mol. The summed E-state index contributed by atoms with van der Waals surface area (Å²) in [6.07, 6.45) is 1.62. The van der Waals surface area contributed by atoms with E-state index in [-0.39, 0.29) is 11.1 Å². The summed E-state index contributed by atoms with van der Waals surface area (Å²) < 4.78 is 11.5. The zero-order chi connectivity index (χ0) is 19.3. The maximum atomic E-state index is 12.0. The van der Waals surface area contributed by atoms with E-state index in [1.54, 1.807) is 25.1 Å². The van der Waals surface area contributed by atoms with Gasteiger partial charge in [0.1, 0.15) is 0 Å². The van der Waals surface area contributed by atoms with Crippen LogP contribution in [0.5, 0.6) is 11.5 Å². The van der Waals surface area contributed by atoms with E-state index < -0.39 is 18.5 Å². The lowest BCUT2D eigenvalue weighted by Gasteiger charge is -2.13. The van der Waals surface area contributed by atoms with Crippen molar-refractivity contribution in [3.05, 3.63) is 26.2 Å². The number of aliphatic imine (C=N–C) groups is 1. The number of ether oxygens (including phenoxy) is 2. The Bertz CT molecular complexity index is 821. The molecule has 0 unspecified atom stereocenters. The number of benzene rings is 1. The Labute approximate surface area is 167 Å². The van der Waals surface area contributed by atoms with Crippen LogP contribution < -0.4 is 14.8 Å². The average Bonchev–Trinajstić information content (AvgIpc) is 2.85. The Morgan fingerprint density at radius 1 is 1.38 bits per heavy atom. The first kappa shape index (κ1) is 20.2. The number of aliphatic carboxylic acids is 1. The molecule has 1 aromatic carbocycles. The molecule has 0 radical (unpaired) electrons. The summed E-state index contributed by atoms with van der Waals surface area (Å²) in [4.78, 5) is 37.9. The van der Waals surface area contributed by atoms with Crippen LogP contribution in [0.1, 0.15) is 19.4 Å². The molecule has 0 aliphatic carbocycles. The van der Waals surface area contributed by atoms with Gasteiger partial charge in [-0.3, -0.25) is 9.59 Å². The molecule has 0 fully saturated rings. The SMILES string of the molecule is CCOc1cc(/C=C2/SC(NC(C)=O)=NC2=O)cc(I)c1OCC(=O)O. The van der Waals surface area contributed by atoms with Gasteiger partial charge in [0.15, 0.2) is 23.3 Å². The standard InChI is InChI=1S/C16H15IN2O6S/c1-3-24-11-5-9(4-10(17)14(11)25-7-13(21)22)6-12-15(23)19-16(26-12)18-8(2)20/h4-6H,3,7H2,1-2H3,(H,21,22)(H,18,19,20,23)/b12-6+. The molecule has 1 aromatic rings. The number of hydrogen-bond acceptors (Lipinski definition) is 6. The quantitative estimate of drug-likeness (QED) is 0.465. The minimum atomic E-state index is -1.09. The Morgan fingerprint density at radius 2 is 2.12 bits per heavy atom. The molecule has 2 amide bonds. The van der Waals surface area contributed by atoms with Crippen molar-refractivity contribution in [2.75, 3.05) is 13.2 Å². The fourth-order valence-corrected chi connectivity index (χ4v) is 3.61. The third-order valence-electron chi connectivity index (χ3n) is 2.87. The average molecular weight is 490 g/mol. The molecular formula is C16H15IN2O6S. The summed E-state index contributed by atoms with van der Waals surface area (Å²) in [5.74, 6) is -1.13. The summed E-state index contributed by atoms with van der Waals surface area (Å²) in [5.41, 5.74) is 0.663. The van der Waals surface area contributed by atoms with Crippen LogP contribution in [0.25, 0.3) is 6.08 Å². The third-order valence-corrected chi connectivity index (χ3v) is 4.57. The van der Waals surface area contributed by atoms with Crippen LogP contribution in [0.2, 0.25) is 0 Å². The minimum Gasteiger partial charge on any atom is -0.490 e. The molecule has 8 nitrogen and oxygen atoms in total. The van der Waals surface area contributed by atoms with Crippen molar-refractivity contribution in [3.8, 4) is 11.5 Å². The van der Waals surface area contributed by atoms with Crippen molar-refractivity contribution in [3.63, 3.8) is 0 Å². The van der Waals surface area contributed by atoms with Crippen molar-refractivity contribution < 1.29 is 29.0 Å². The lowest BCUT2D eigenvalue weighted by molar-refractivity contribution is -0.139. The first-order valence-corrected chi connectivity index (χ1v) is 9.30. The fourth-order valence-electron chi connectivity index (χ4n) is 1.97. The topological polar surface area (TPSA) is 114 Å². The number of nitrogens with zero attached hydrogens (tertiary/aromatic N) is 1. The summed E-state index contributed by atoms with van der Waals surface area (Å²) in [6, 6.07) is 3.39. The molecule has 0 saturated heterocycles. The first-order chi connectivity index (χ1) is 12.3. The Kier molecular flexibility index (Phi) is 7.03. The number of halogens is 1. The number of amidine groups is 1. The summed E-state index contributed by atoms with van der Waals surface area (Å²) >= 11 is 3.07. The van der Waals surface area contributed by atoms with Gasteiger partial charge in [-0.2, -0.15) is 4.99 Å². The largest absolute Gasteiger partial charge is 0.490 e. The Hall–Kier alpha value is -2.08. The van der Waals surface area contributed by atoms with Gasteiger partial charge >= 0.3 is 5.97 Å². The van der Waals surface area contributed by atoms with E-state index in [0.717, 1.165) is 11.8 Å². The molecule has 1 aliphatic heterocycles. The van der Waals surface area contributed by atoms with Crippen LogP contribution in [0, 0.1) is 3.57 Å². The Balaban J connectivity index is 2.29.